The zero-order valence-corrected chi connectivity index (χ0v) is 15.5. The molecule has 1 aromatic rings. The van der Waals surface area contributed by atoms with Crippen molar-refractivity contribution in [2.75, 3.05) is 31.1 Å². The molecule has 2 aliphatic rings. The second kappa shape index (κ2) is 8.76. The van der Waals surface area contributed by atoms with E-state index in [9.17, 15) is 9.59 Å². The number of hydrogen-bond acceptors (Lipinski definition) is 4. The van der Waals surface area contributed by atoms with Gasteiger partial charge in [-0.1, -0.05) is 0 Å². The van der Waals surface area contributed by atoms with Crippen molar-refractivity contribution in [2.45, 2.75) is 31.7 Å². The Morgan fingerprint density at radius 3 is 2.58 bits per heavy atom. The van der Waals surface area contributed by atoms with Gasteiger partial charge in [-0.15, -0.1) is 0 Å². The minimum Gasteiger partial charge on any atom is -0.349 e. The highest BCUT2D eigenvalue weighted by molar-refractivity contribution is 7.99. The lowest BCUT2D eigenvalue weighted by molar-refractivity contribution is 0.0918. The largest absolute Gasteiger partial charge is 0.349 e. The van der Waals surface area contributed by atoms with Gasteiger partial charge in [-0.05, 0) is 54.6 Å². The second-order valence-electron chi connectivity index (χ2n) is 6.49. The van der Waals surface area contributed by atoms with Crippen LogP contribution < -0.4 is 10.6 Å². The molecule has 7 heteroatoms. The Hall–Kier alpha value is -1.21. The number of likely N-dealkylation sites (tertiary alicyclic amines) is 1. The van der Waals surface area contributed by atoms with E-state index < -0.39 is 0 Å². The third kappa shape index (κ3) is 4.89. The summed E-state index contributed by atoms with van der Waals surface area (Å²) in [5.74, 6) is 3.07. The van der Waals surface area contributed by atoms with Gasteiger partial charge in [0.2, 0.25) is 0 Å². The van der Waals surface area contributed by atoms with Crippen molar-refractivity contribution >= 4 is 35.0 Å². The number of nitrogens with one attached hydrogen (secondary N) is 2. The number of thiophene rings is 1. The van der Waals surface area contributed by atoms with E-state index in [0.717, 1.165) is 24.9 Å². The Morgan fingerprint density at radius 2 is 1.92 bits per heavy atom. The lowest BCUT2D eigenvalue weighted by atomic mass is 10.0. The summed E-state index contributed by atoms with van der Waals surface area (Å²) in [6.07, 6.45) is 4.07. The number of carbonyl (C=O) groups excluding carboxylic acids is 2. The van der Waals surface area contributed by atoms with Crippen LogP contribution >= 0.6 is 23.1 Å². The molecular weight excluding hydrogens is 342 g/mol. The van der Waals surface area contributed by atoms with Crippen LogP contribution in [0.1, 0.15) is 36.0 Å². The summed E-state index contributed by atoms with van der Waals surface area (Å²) in [7, 11) is 0. The number of rotatable bonds is 4. The summed E-state index contributed by atoms with van der Waals surface area (Å²) in [5.41, 5.74) is 0.728. The second-order valence-corrected chi connectivity index (χ2v) is 8.49. The number of thioether (sulfide) groups is 1. The van der Waals surface area contributed by atoms with Crippen LogP contribution in [0.25, 0.3) is 0 Å². The summed E-state index contributed by atoms with van der Waals surface area (Å²) in [5, 5.41) is 9.94. The number of piperidine rings is 1. The normalized spacial score (nSPS) is 19.9. The van der Waals surface area contributed by atoms with Gasteiger partial charge in [-0.3, -0.25) is 4.79 Å². The fraction of sp³-hybridized carbons (Fsp3) is 0.647. The van der Waals surface area contributed by atoms with Crippen LogP contribution in [0.15, 0.2) is 16.8 Å². The van der Waals surface area contributed by atoms with Crippen molar-refractivity contribution in [3.63, 3.8) is 0 Å². The van der Waals surface area contributed by atoms with E-state index >= 15 is 0 Å². The Kier molecular flexibility index (Phi) is 6.43. The van der Waals surface area contributed by atoms with E-state index in [1.807, 2.05) is 33.5 Å². The van der Waals surface area contributed by atoms with Crippen LogP contribution in [0.4, 0.5) is 4.79 Å². The first-order valence-electron chi connectivity index (χ1n) is 8.66. The highest BCUT2D eigenvalue weighted by atomic mass is 32.2. The van der Waals surface area contributed by atoms with Gasteiger partial charge in [-0.2, -0.15) is 23.1 Å². The fourth-order valence-corrected chi connectivity index (χ4v) is 5.02. The van der Waals surface area contributed by atoms with Crippen LogP contribution in [0, 0.1) is 5.92 Å². The maximum absolute atomic E-state index is 12.3. The molecule has 1 aromatic heterocycles. The summed E-state index contributed by atoms with van der Waals surface area (Å²) in [6.45, 7) is 2.22. The summed E-state index contributed by atoms with van der Waals surface area (Å²) in [6, 6.07) is 2.06. The molecule has 2 aliphatic heterocycles. The van der Waals surface area contributed by atoms with Crippen molar-refractivity contribution < 1.29 is 9.59 Å². The molecule has 24 heavy (non-hydrogen) atoms. The zero-order valence-electron chi connectivity index (χ0n) is 13.8. The Labute approximate surface area is 151 Å². The van der Waals surface area contributed by atoms with Crippen molar-refractivity contribution in [2.24, 2.45) is 5.92 Å². The maximum atomic E-state index is 12.3. The van der Waals surface area contributed by atoms with E-state index in [4.69, 9.17) is 0 Å². The molecule has 5 nitrogen and oxygen atoms in total. The molecule has 3 heterocycles. The minimum atomic E-state index is -0.00526. The topological polar surface area (TPSA) is 61.4 Å². The smallest absolute Gasteiger partial charge is 0.317 e. The first-order valence-corrected chi connectivity index (χ1v) is 10.8. The first kappa shape index (κ1) is 17.6. The molecule has 0 radical (unpaired) electrons. The highest BCUT2D eigenvalue weighted by Crippen LogP contribution is 2.22. The van der Waals surface area contributed by atoms with Crippen molar-refractivity contribution in [1.82, 2.24) is 15.5 Å². The molecule has 0 bridgehead atoms. The van der Waals surface area contributed by atoms with Gasteiger partial charge in [0.1, 0.15) is 0 Å². The Bertz CT molecular complexity index is 536. The van der Waals surface area contributed by atoms with E-state index in [0.29, 0.717) is 19.0 Å². The molecule has 132 valence electrons. The molecule has 3 amide bonds. The molecule has 2 fully saturated rings. The van der Waals surface area contributed by atoms with Crippen LogP contribution in [0.2, 0.25) is 0 Å². The van der Waals surface area contributed by atoms with Crippen LogP contribution in [-0.4, -0.2) is 54.0 Å². The fourth-order valence-electron chi connectivity index (χ4n) is 3.18. The minimum absolute atomic E-state index is 0.00526. The lowest BCUT2D eigenvalue weighted by Crippen LogP contribution is -2.50. The molecular formula is C17H25N3O2S2. The predicted molar refractivity (Wildman–Crippen MR) is 99.8 cm³/mol. The third-order valence-corrected chi connectivity index (χ3v) is 6.52. The van der Waals surface area contributed by atoms with Gasteiger partial charge in [-0.25, -0.2) is 4.79 Å². The zero-order chi connectivity index (χ0) is 16.8. The molecule has 0 aliphatic carbocycles. The third-order valence-electron chi connectivity index (χ3n) is 4.78. The van der Waals surface area contributed by atoms with Crippen molar-refractivity contribution in [1.29, 1.82) is 0 Å². The molecule has 3 rings (SSSR count). The van der Waals surface area contributed by atoms with Crippen LogP contribution in [0.3, 0.4) is 0 Å². The number of carbonyl (C=O) groups is 2. The number of urea groups is 1. The van der Waals surface area contributed by atoms with Gasteiger partial charge in [0, 0.05) is 36.6 Å². The first-order chi connectivity index (χ1) is 11.7. The molecule has 0 saturated carbocycles. The lowest BCUT2D eigenvalue weighted by Gasteiger charge is -2.33. The quantitative estimate of drug-likeness (QED) is 0.860. The molecule has 2 saturated heterocycles. The number of hydrogen-bond donors (Lipinski definition) is 2. The maximum Gasteiger partial charge on any atom is 0.317 e. The molecule has 2 N–H and O–H groups in total. The SMILES string of the molecule is O=C(NC1CCN(C(=O)NCC2CCSCC2)CC1)c1ccsc1. The van der Waals surface area contributed by atoms with Crippen molar-refractivity contribution in [3.8, 4) is 0 Å². The van der Waals surface area contributed by atoms with E-state index in [1.165, 1.54) is 35.7 Å². The summed E-state index contributed by atoms with van der Waals surface area (Å²) >= 11 is 3.54. The summed E-state index contributed by atoms with van der Waals surface area (Å²) in [4.78, 5) is 26.2. The van der Waals surface area contributed by atoms with Gasteiger partial charge in [0.15, 0.2) is 0 Å². The molecule has 0 spiro atoms. The van der Waals surface area contributed by atoms with Gasteiger partial charge in [0.05, 0.1) is 0 Å². The van der Waals surface area contributed by atoms with Gasteiger partial charge in [0.25, 0.3) is 5.91 Å². The van der Waals surface area contributed by atoms with Gasteiger partial charge >= 0.3 is 6.03 Å². The Balaban J connectivity index is 1.36. The van der Waals surface area contributed by atoms with E-state index in [-0.39, 0.29) is 18.0 Å². The molecule has 0 unspecified atom stereocenters. The monoisotopic (exact) mass is 367 g/mol. The average Bonchev–Trinajstić information content (AvgIpc) is 3.16. The predicted octanol–water partition coefficient (Wildman–Crippen LogP) is 2.80. The van der Waals surface area contributed by atoms with Crippen molar-refractivity contribution in [3.05, 3.63) is 22.4 Å². The number of nitrogens with zero attached hydrogens (tertiary/aromatic N) is 1. The molecule has 0 atom stereocenters. The summed E-state index contributed by atoms with van der Waals surface area (Å²) < 4.78 is 0. The Morgan fingerprint density at radius 1 is 1.17 bits per heavy atom. The average molecular weight is 368 g/mol. The van der Waals surface area contributed by atoms with Crippen LogP contribution in [0.5, 0.6) is 0 Å². The number of amides is 3. The van der Waals surface area contributed by atoms with Crippen LogP contribution in [-0.2, 0) is 0 Å². The highest BCUT2D eigenvalue weighted by Gasteiger charge is 2.24. The standard InChI is InChI=1S/C17H25N3O2S2/c21-16(14-5-10-24-12-14)19-15-1-6-20(7-2-15)17(22)18-11-13-3-8-23-9-4-13/h5,10,12-13,15H,1-4,6-9,11H2,(H,18,22)(H,19,21). The van der Waals surface area contributed by atoms with E-state index in [2.05, 4.69) is 10.6 Å². The van der Waals surface area contributed by atoms with E-state index in [1.54, 1.807) is 0 Å². The molecule has 0 aromatic carbocycles. The van der Waals surface area contributed by atoms with Gasteiger partial charge < -0.3 is 15.5 Å².